The summed E-state index contributed by atoms with van der Waals surface area (Å²) >= 11 is 0. The van der Waals surface area contributed by atoms with E-state index in [9.17, 15) is 9.18 Å². The maximum Gasteiger partial charge on any atom is 0.251 e. The Labute approximate surface area is 187 Å². The fourth-order valence-corrected chi connectivity index (χ4v) is 3.66. The van der Waals surface area contributed by atoms with Gasteiger partial charge in [-0.15, -0.1) is 0 Å². The van der Waals surface area contributed by atoms with E-state index in [1.165, 1.54) is 12.1 Å². The van der Waals surface area contributed by atoms with Gasteiger partial charge in [0.2, 0.25) is 0 Å². The van der Waals surface area contributed by atoms with Crippen LogP contribution in [0.5, 0.6) is 0 Å². The molecule has 4 rings (SSSR count). The number of carbonyl (C=O) groups excluding carboxylic acids is 1. The Balaban J connectivity index is 1.42. The van der Waals surface area contributed by atoms with E-state index in [0.29, 0.717) is 12.1 Å². The molecule has 0 heterocycles. The minimum Gasteiger partial charge on any atom is -0.346 e. The predicted octanol–water partition coefficient (Wildman–Crippen LogP) is 6.11. The van der Waals surface area contributed by atoms with Gasteiger partial charge in [0, 0.05) is 12.1 Å². The Morgan fingerprint density at radius 3 is 2.00 bits per heavy atom. The quantitative estimate of drug-likeness (QED) is 0.392. The summed E-state index contributed by atoms with van der Waals surface area (Å²) in [6.07, 6.45) is 0. The second kappa shape index (κ2) is 9.58. The first-order valence-corrected chi connectivity index (χ1v) is 10.6. The predicted molar refractivity (Wildman–Crippen MR) is 127 cm³/mol. The van der Waals surface area contributed by atoms with Gasteiger partial charge in [0.25, 0.3) is 5.91 Å². The van der Waals surface area contributed by atoms with Crippen molar-refractivity contribution in [3.63, 3.8) is 0 Å². The summed E-state index contributed by atoms with van der Waals surface area (Å²) < 4.78 is 13.1. The zero-order chi connectivity index (χ0) is 22.5. The molecule has 32 heavy (non-hydrogen) atoms. The molecule has 0 bridgehead atoms. The Hall–Kier alpha value is -3.76. The second-order valence-electron chi connectivity index (χ2n) is 7.81. The standard InChI is InChI=1S/C28H25FN2O/c1-19(21-5-7-22(8-6-21)23-13-15-27(29)16-14-23)31-28(32)25-11-9-24(10-12-25)26-4-2-3-20(17-26)18-30/h2-17,19H,18,30H2,1H3,(H,31,32). The van der Waals surface area contributed by atoms with E-state index in [0.717, 1.165) is 33.4 Å². The molecule has 0 saturated heterocycles. The van der Waals surface area contributed by atoms with Crippen molar-refractivity contribution in [1.29, 1.82) is 0 Å². The molecule has 0 aliphatic heterocycles. The van der Waals surface area contributed by atoms with Crippen LogP contribution in [0.1, 0.15) is 34.5 Å². The maximum absolute atomic E-state index is 13.1. The number of rotatable bonds is 6. The number of hydrogen-bond donors (Lipinski definition) is 2. The third-order valence-corrected chi connectivity index (χ3v) is 5.58. The smallest absolute Gasteiger partial charge is 0.251 e. The van der Waals surface area contributed by atoms with Gasteiger partial charge in [0.1, 0.15) is 5.82 Å². The first kappa shape index (κ1) is 21.5. The van der Waals surface area contributed by atoms with E-state index in [-0.39, 0.29) is 17.8 Å². The summed E-state index contributed by atoms with van der Waals surface area (Å²) in [4.78, 5) is 12.7. The highest BCUT2D eigenvalue weighted by molar-refractivity contribution is 5.95. The zero-order valence-corrected chi connectivity index (χ0v) is 17.9. The Kier molecular flexibility index (Phi) is 6.43. The minimum atomic E-state index is -0.251. The lowest BCUT2D eigenvalue weighted by Crippen LogP contribution is -2.26. The number of carbonyl (C=O) groups is 1. The molecule has 0 fully saturated rings. The molecule has 4 aromatic carbocycles. The van der Waals surface area contributed by atoms with Crippen LogP contribution >= 0.6 is 0 Å². The van der Waals surface area contributed by atoms with Crippen molar-refractivity contribution in [2.24, 2.45) is 5.73 Å². The summed E-state index contributed by atoms with van der Waals surface area (Å²) in [5.41, 5.74) is 12.5. The molecule has 160 valence electrons. The summed E-state index contributed by atoms with van der Waals surface area (Å²) in [7, 11) is 0. The van der Waals surface area contributed by atoms with Gasteiger partial charge in [-0.2, -0.15) is 0 Å². The summed E-state index contributed by atoms with van der Waals surface area (Å²) in [5.74, 6) is -0.374. The van der Waals surface area contributed by atoms with Gasteiger partial charge >= 0.3 is 0 Å². The highest BCUT2D eigenvalue weighted by atomic mass is 19.1. The molecule has 0 radical (unpaired) electrons. The van der Waals surface area contributed by atoms with Crippen LogP contribution in [0.25, 0.3) is 22.3 Å². The van der Waals surface area contributed by atoms with E-state index < -0.39 is 0 Å². The van der Waals surface area contributed by atoms with Gasteiger partial charge in [-0.05, 0) is 70.6 Å². The van der Waals surface area contributed by atoms with Crippen molar-refractivity contribution in [1.82, 2.24) is 5.32 Å². The minimum absolute atomic E-state index is 0.123. The molecule has 0 aromatic heterocycles. The van der Waals surface area contributed by atoms with Crippen LogP contribution in [0, 0.1) is 5.82 Å². The normalized spacial score (nSPS) is 11.7. The highest BCUT2D eigenvalue weighted by Gasteiger charge is 2.12. The molecule has 1 unspecified atom stereocenters. The van der Waals surface area contributed by atoms with E-state index >= 15 is 0 Å². The number of halogens is 1. The third-order valence-electron chi connectivity index (χ3n) is 5.58. The van der Waals surface area contributed by atoms with E-state index in [1.807, 2.05) is 73.7 Å². The van der Waals surface area contributed by atoms with Crippen molar-refractivity contribution in [3.05, 3.63) is 120 Å². The molecule has 1 amide bonds. The van der Waals surface area contributed by atoms with E-state index in [2.05, 4.69) is 11.4 Å². The van der Waals surface area contributed by atoms with Gasteiger partial charge in [-0.1, -0.05) is 66.7 Å². The first-order valence-electron chi connectivity index (χ1n) is 10.6. The van der Waals surface area contributed by atoms with Crippen molar-refractivity contribution in [2.75, 3.05) is 0 Å². The van der Waals surface area contributed by atoms with Gasteiger partial charge in [-0.25, -0.2) is 4.39 Å². The second-order valence-corrected chi connectivity index (χ2v) is 7.81. The molecular formula is C28H25FN2O. The number of amides is 1. The van der Waals surface area contributed by atoms with Crippen LogP contribution in [-0.4, -0.2) is 5.91 Å². The maximum atomic E-state index is 13.1. The van der Waals surface area contributed by atoms with Gasteiger partial charge in [0.05, 0.1) is 6.04 Å². The van der Waals surface area contributed by atoms with Gasteiger partial charge in [0.15, 0.2) is 0 Å². The number of benzene rings is 4. The number of hydrogen-bond acceptors (Lipinski definition) is 2. The lowest BCUT2D eigenvalue weighted by molar-refractivity contribution is 0.0940. The lowest BCUT2D eigenvalue weighted by Gasteiger charge is -2.15. The van der Waals surface area contributed by atoms with Crippen LogP contribution < -0.4 is 11.1 Å². The average molecular weight is 425 g/mol. The number of nitrogens with two attached hydrogens (primary N) is 1. The fraction of sp³-hybridized carbons (Fsp3) is 0.107. The SMILES string of the molecule is CC(NC(=O)c1ccc(-c2cccc(CN)c2)cc1)c1ccc(-c2ccc(F)cc2)cc1. The summed E-state index contributed by atoms with van der Waals surface area (Å²) in [6.45, 7) is 2.45. The van der Waals surface area contributed by atoms with Crippen molar-refractivity contribution >= 4 is 5.91 Å². The number of nitrogens with one attached hydrogen (secondary N) is 1. The van der Waals surface area contributed by atoms with Gasteiger partial charge in [-0.3, -0.25) is 4.79 Å². The molecule has 4 heteroatoms. The monoisotopic (exact) mass is 424 g/mol. The molecule has 4 aromatic rings. The average Bonchev–Trinajstić information content (AvgIpc) is 2.84. The highest BCUT2D eigenvalue weighted by Crippen LogP contribution is 2.24. The van der Waals surface area contributed by atoms with Crippen LogP contribution in [0.2, 0.25) is 0 Å². The van der Waals surface area contributed by atoms with E-state index in [1.54, 1.807) is 12.1 Å². The van der Waals surface area contributed by atoms with Crippen LogP contribution in [0.3, 0.4) is 0 Å². The molecule has 3 nitrogen and oxygen atoms in total. The van der Waals surface area contributed by atoms with E-state index in [4.69, 9.17) is 5.73 Å². The fourth-order valence-electron chi connectivity index (χ4n) is 3.66. The van der Waals surface area contributed by atoms with Crippen LogP contribution in [-0.2, 0) is 6.54 Å². The topological polar surface area (TPSA) is 55.1 Å². The van der Waals surface area contributed by atoms with Crippen molar-refractivity contribution in [2.45, 2.75) is 19.5 Å². The summed E-state index contributed by atoms with van der Waals surface area (Å²) in [6, 6.07) is 29.9. The van der Waals surface area contributed by atoms with Crippen LogP contribution in [0.15, 0.2) is 97.1 Å². The largest absolute Gasteiger partial charge is 0.346 e. The van der Waals surface area contributed by atoms with Gasteiger partial charge < -0.3 is 11.1 Å². The molecule has 0 saturated carbocycles. The first-order chi connectivity index (χ1) is 15.5. The van der Waals surface area contributed by atoms with Crippen molar-refractivity contribution < 1.29 is 9.18 Å². The molecule has 0 aliphatic carbocycles. The molecule has 0 aliphatic rings. The zero-order valence-electron chi connectivity index (χ0n) is 17.9. The Bertz CT molecular complexity index is 1200. The molecule has 1 atom stereocenters. The lowest BCUT2D eigenvalue weighted by atomic mass is 10.0. The molecular weight excluding hydrogens is 399 g/mol. The third kappa shape index (κ3) is 4.93. The van der Waals surface area contributed by atoms with Crippen molar-refractivity contribution in [3.8, 4) is 22.3 Å². The molecule has 3 N–H and O–H groups in total. The Morgan fingerprint density at radius 1 is 0.812 bits per heavy atom. The van der Waals surface area contributed by atoms with Crippen LogP contribution in [0.4, 0.5) is 4.39 Å². The Morgan fingerprint density at radius 2 is 1.38 bits per heavy atom. The summed E-state index contributed by atoms with van der Waals surface area (Å²) in [5, 5.41) is 3.05. The molecule has 0 spiro atoms.